The van der Waals surface area contributed by atoms with Crippen LogP contribution in [0.25, 0.3) is 0 Å². The lowest BCUT2D eigenvalue weighted by Crippen LogP contribution is -2.48. The van der Waals surface area contributed by atoms with Crippen molar-refractivity contribution in [2.75, 3.05) is 0 Å². The number of hydrogen-bond acceptors (Lipinski definition) is 3. The zero-order valence-corrected chi connectivity index (χ0v) is 11.4. The molecule has 0 fully saturated rings. The Balaban J connectivity index is 3.14. The molecule has 0 spiro atoms. The predicted octanol–water partition coefficient (Wildman–Crippen LogP) is 2.48. The van der Waals surface area contributed by atoms with E-state index in [-0.39, 0.29) is 0 Å². The van der Waals surface area contributed by atoms with Crippen molar-refractivity contribution >= 4 is 0 Å². The van der Waals surface area contributed by atoms with Crippen LogP contribution in [-0.4, -0.2) is 21.9 Å². The van der Waals surface area contributed by atoms with Crippen molar-refractivity contribution in [2.24, 2.45) is 5.41 Å². The molecule has 18 heavy (non-hydrogen) atoms. The molecule has 0 saturated heterocycles. The summed E-state index contributed by atoms with van der Waals surface area (Å²) in [6.07, 6.45) is 6.59. The molecule has 0 radical (unpaired) electrons. The van der Waals surface area contributed by atoms with E-state index in [4.69, 9.17) is 5.26 Å². The number of nitrogens with zero attached hydrogens (tertiary/aromatic N) is 1. The summed E-state index contributed by atoms with van der Waals surface area (Å²) in [4.78, 5) is 0. The third-order valence-corrected chi connectivity index (χ3v) is 3.67. The number of nitriles is 1. The molecule has 1 aliphatic carbocycles. The summed E-state index contributed by atoms with van der Waals surface area (Å²) < 4.78 is 0. The Hall–Kier alpha value is -1.37. The van der Waals surface area contributed by atoms with Crippen molar-refractivity contribution in [2.45, 2.75) is 45.8 Å². The molecular formula is C15H21NO2. The smallest absolute Gasteiger partial charge is 0.109 e. The monoisotopic (exact) mass is 247 g/mol. The highest BCUT2D eigenvalue weighted by molar-refractivity contribution is 5.35. The number of aliphatic hydroxyl groups is 2. The summed E-state index contributed by atoms with van der Waals surface area (Å²) in [6, 6.07) is 1.96. The Morgan fingerprint density at radius 3 is 2.67 bits per heavy atom. The molecule has 0 aromatic carbocycles. The third-order valence-electron chi connectivity index (χ3n) is 3.67. The lowest BCUT2D eigenvalue weighted by Gasteiger charge is -2.46. The first-order valence-electron chi connectivity index (χ1n) is 6.08. The van der Waals surface area contributed by atoms with E-state index < -0.39 is 17.1 Å². The second-order valence-corrected chi connectivity index (χ2v) is 5.62. The van der Waals surface area contributed by atoms with E-state index >= 15 is 0 Å². The summed E-state index contributed by atoms with van der Waals surface area (Å²) in [6.45, 7) is 7.49. The molecule has 1 rings (SSSR count). The van der Waals surface area contributed by atoms with Crippen molar-refractivity contribution in [3.8, 4) is 6.07 Å². The van der Waals surface area contributed by atoms with E-state index in [1.807, 2.05) is 33.8 Å². The minimum atomic E-state index is -1.09. The van der Waals surface area contributed by atoms with E-state index in [0.717, 1.165) is 11.1 Å². The Kier molecular flexibility index (Phi) is 4.16. The van der Waals surface area contributed by atoms with Gasteiger partial charge in [0.05, 0.1) is 12.2 Å². The molecule has 3 heteroatoms. The van der Waals surface area contributed by atoms with E-state index in [2.05, 4.69) is 0 Å². The third kappa shape index (κ3) is 2.72. The lowest BCUT2D eigenvalue weighted by molar-refractivity contribution is -0.0292. The standard InChI is InChI=1S/C15H21NO2/c1-11(6-8-16)5-7-15(18)12(2)9-13(17)10-14(15,3)4/h5-7,9,13,17-18H,10H2,1-4H3/b7-5+,11-6+/t13-,15+/m0/s1. The van der Waals surface area contributed by atoms with Crippen LogP contribution in [0.2, 0.25) is 0 Å². The van der Waals surface area contributed by atoms with Gasteiger partial charge in [-0.15, -0.1) is 0 Å². The van der Waals surface area contributed by atoms with Gasteiger partial charge in [0.25, 0.3) is 0 Å². The minimum Gasteiger partial charge on any atom is -0.389 e. The summed E-state index contributed by atoms with van der Waals surface area (Å²) in [5.74, 6) is 0. The zero-order valence-electron chi connectivity index (χ0n) is 11.4. The maximum Gasteiger partial charge on any atom is 0.109 e. The van der Waals surface area contributed by atoms with Gasteiger partial charge < -0.3 is 10.2 Å². The summed E-state index contributed by atoms with van der Waals surface area (Å²) >= 11 is 0. The molecule has 0 heterocycles. The van der Waals surface area contributed by atoms with Crippen molar-refractivity contribution < 1.29 is 10.2 Å². The minimum absolute atomic E-state index is 0.450. The van der Waals surface area contributed by atoms with Crippen LogP contribution in [-0.2, 0) is 0 Å². The Labute approximate surface area is 109 Å². The number of hydrogen-bond donors (Lipinski definition) is 2. The van der Waals surface area contributed by atoms with Crippen LogP contribution in [0.15, 0.2) is 35.5 Å². The van der Waals surface area contributed by atoms with E-state index in [1.54, 1.807) is 18.2 Å². The van der Waals surface area contributed by atoms with Crippen LogP contribution in [0, 0.1) is 16.7 Å². The number of aliphatic hydroxyl groups excluding tert-OH is 1. The predicted molar refractivity (Wildman–Crippen MR) is 71.6 cm³/mol. The molecule has 0 saturated carbocycles. The first-order valence-corrected chi connectivity index (χ1v) is 6.08. The molecule has 0 amide bonds. The Morgan fingerprint density at radius 2 is 2.17 bits per heavy atom. The summed E-state index contributed by atoms with van der Waals surface area (Å²) in [5.41, 5.74) is -0.00115. The molecule has 0 aliphatic heterocycles. The molecule has 2 N–H and O–H groups in total. The van der Waals surface area contributed by atoms with Gasteiger partial charge in [-0.2, -0.15) is 5.26 Å². The van der Waals surface area contributed by atoms with Crippen LogP contribution in [0.1, 0.15) is 34.1 Å². The lowest BCUT2D eigenvalue weighted by atomic mass is 9.64. The second kappa shape index (κ2) is 5.09. The van der Waals surface area contributed by atoms with Crippen LogP contribution in [0.4, 0.5) is 0 Å². The molecular weight excluding hydrogens is 226 g/mol. The van der Waals surface area contributed by atoms with Crippen LogP contribution < -0.4 is 0 Å². The van der Waals surface area contributed by atoms with Gasteiger partial charge in [0.15, 0.2) is 0 Å². The molecule has 98 valence electrons. The van der Waals surface area contributed by atoms with Crippen LogP contribution in [0.3, 0.4) is 0 Å². The van der Waals surface area contributed by atoms with Gasteiger partial charge in [0.2, 0.25) is 0 Å². The Bertz CT molecular complexity index is 452. The average Bonchev–Trinajstić information content (AvgIpc) is 2.23. The van der Waals surface area contributed by atoms with E-state index in [9.17, 15) is 10.2 Å². The number of rotatable bonds is 2. The van der Waals surface area contributed by atoms with Gasteiger partial charge in [-0.3, -0.25) is 0 Å². The van der Waals surface area contributed by atoms with Gasteiger partial charge in [0, 0.05) is 11.5 Å². The van der Waals surface area contributed by atoms with Gasteiger partial charge in [-0.25, -0.2) is 0 Å². The molecule has 0 unspecified atom stereocenters. The normalized spacial score (nSPS) is 32.2. The van der Waals surface area contributed by atoms with Gasteiger partial charge in [-0.1, -0.05) is 26.0 Å². The molecule has 1 aliphatic rings. The van der Waals surface area contributed by atoms with Crippen molar-refractivity contribution in [3.63, 3.8) is 0 Å². The number of allylic oxidation sites excluding steroid dienone is 3. The zero-order chi connectivity index (χ0) is 14.0. The quantitative estimate of drug-likeness (QED) is 0.447. The van der Waals surface area contributed by atoms with Crippen LogP contribution in [0.5, 0.6) is 0 Å². The highest BCUT2D eigenvalue weighted by Crippen LogP contribution is 2.45. The second-order valence-electron chi connectivity index (χ2n) is 5.62. The maximum atomic E-state index is 10.8. The average molecular weight is 247 g/mol. The van der Waals surface area contributed by atoms with Crippen molar-refractivity contribution in [1.29, 1.82) is 5.26 Å². The fourth-order valence-electron chi connectivity index (χ4n) is 2.45. The van der Waals surface area contributed by atoms with Crippen molar-refractivity contribution in [1.82, 2.24) is 0 Å². The highest BCUT2D eigenvalue weighted by Gasteiger charge is 2.46. The summed E-state index contributed by atoms with van der Waals surface area (Å²) in [7, 11) is 0. The van der Waals surface area contributed by atoms with Gasteiger partial charge >= 0.3 is 0 Å². The molecule has 0 aromatic rings. The summed E-state index contributed by atoms with van der Waals surface area (Å²) in [5, 5.41) is 29.1. The Morgan fingerprint density at radius 1 is 1.56 bits per heavy atom. The molecule has 0 bridgehead atoms. The largest absolute Gasteiger partial charge is 0.389 e. The fraction of sp³-hybridized carbons (Fsp3) is 0.533. The van der Waals surface area contributed by atoms with E-state index in [1.165, 1.54) is 6.08 Å². The highest BCUT2D eigenvalue weighted by atomic mass is 16.3. The van der Waals surface area contributed by atoms with Crippen molar-refractivity contribution in [3.05, 3.63) is 35.5 Å². The van der Waals surface area contributed by atoms with Crippen LogP contribution >= 0.6 is 0 Å². The fourth-order valence-corrected chi connectivity index (χ4v) is 2.45. The van der Waals surface area contributed by atoms with Gasteiger partial charge in [-0.05, 0) is 37.5 Å². The first-order chi connectivity index (χ1) is 8.23. The molecule has 0 aromatic heterocycles. The SMILES string of the molecule is CC1=C[C@H](O)CC(C)(C)[C@@]1(O)/C=C/C(C)=C/C#N. The first kappa shape index (κ1) is 14.7. The van der Waals surface area contributed by atoms with Gasteiger partial charge in [0.1, 0.15) is 5.60 Å². The topological polar surface area (TPSA) is 64.2 Å². The molecule has 2 atom stereocenters. The van der Waals surface area contributed by atoms with E-state index in [0.29, 0.717) is 6.42 Å². The molecule has 3 nitrogen and oxygen atoms in total. The maximum absolute atomic E-state index is 10.8.